The zero-order chi connectivity index (χ0) is 17.2. The number of anilines is 1. The number of hydrogen-bond acceptors (Lipinski definition) is 3. The number of carbonyl (C=O) groups is 1. The van der Waals surface area contributed by atoms with Crippen LogP contribution in [0.4, 0.5) is 5.69 Å². The monoisotopic (exact) mass is 330 g/mol. The van der Waals surface area contributed by atoms with Crippen LogP contribution >= 0.6 is 0 Å². The summed E-state index contributed by atoms with van der Waals surface area (Å²) in [4.78, 5) is 16.5. The maximum absolute atomic E-state index is 11.8. The average molecular weight is 330 g/mol. The number of rotatable bonds is 4. The summed E-state index contributed by atoms with van der Waals surface area (Å²) >= 11 is 0. The topological polar surface area (TPSA) is 55.1 Å². The Morgan fingerprint density at radius 1 is 1.08 bits per heavy atom. The van der Waals surface area contributed by atoms with Crippen LogP contribution in [0.25, 0.3) is 33.3 Å². The predicted molar refractivity (Wildman–Crippen MR) is 100 cm³/mol. The largest absolute Gasteiger partial charge is 0.436 e. The molecule has 1 aromatic heterocycles. The maximum atomic E-state index is 11.8. The summed E-state index contributed by atoms with van der Waals surface area (Å²) in [7, 11) is 0. The van der Waals surface area contributed by atoms with Gasteiger partial charge in [-0.15, -0.1) is 0 Å². The smallest absolute Gasteiger partial charge is 0.227 e. The van der Waals surface area contributed by atoms with Crippen molar-refractivity contribution in [2.24, 2.45) is 0 Å². The molecule has 0 spiro atoms. The van der Waals surface area contributed by atoms with E-state index in [1.54, 1.807) is 0 Å². The van der Waals surface area contributed by atoms with Gasteiger partial charge in [-0.05, 0) is 36.1 Å². The fourth-order valence-corrected chi connectivity index (χ4v) is 2.97. The molecule has 0 saturated carbocycles. The van der Waals surface area contributed by atoms with Gasteiger partial charge in [-0.1, -0.05) is 43.3 Å². The van der Waals surface area contributed by atoms with Crippen LogP contribution in [-0.2, 0) is 4.79 Å². The van der Waals surface area contributed by atoms with Crippen LogP contribution in [0, 0.1) is 0 Å². The Bertz CT molecular complexity index is 1070. The highest BCUT2D eigenvalue weighted by Gasteiger charge is 2.11. The van der Waals surface area contributed by atoms with Crippen molar-refractivity contribution in [3.05, 3.63) is 60.7 Å². The summed E-state index contributed by atoms with van der Waals surface area (Å²) in [5.41, 5.74) is 3.21. The van der Waals surface area contributed by atoms with Gasteiger partial charge in [-0.25, -0.2) is 4.98 Å². The number of oxazole rings is 1. The fourth-order valence-electron chi connectivity index (χ4n) is 2.97. The van der Waals surface area contributed by atoms with E-state index in [-0.39, 0.29) is 5.91 Å². The second-order valence-electron chi connectivity index (χ2n) is 6.03. The van der Waals surface area contributed by atoms with E-state index in [2.05, 4.69) is 16.4 Å². The summed E-state index contributed by atoms with van der Waals surface area (Å²) in [6.07, 6.45) is 1.34. The summed E-state index contributed by atoms with van der Waals surface area (Å²) in [5, 5.41) is 5.11. The van der Waals surface area contributed by atoms with Gasteiger partial charge in [-0.3, -0.25) is 4.79 Å². The minimum Gasteiger partial charge on any atom is -0.436 e. The van der Waals surface area contributed by atoms with Gasteiger partial charge in [0.15, 0.2) is 5.58 Å². The van der Waals surface area contributed by atoms with Gasteiger partial charge in [0.1, 0.15) is 5.52 Å². The molecule has 4 aromatic rings. The van der Waals surface area contributed by atoms with Crippen molar-refractivity contribution in [1.29, 1.82) is 0 Å². The highest BCUT2D eigenvalue weighted by molar-refractivity contribution is 6.04. The van der Waals surface area contributed by atoms with Crippen molar-refractivity contribution < 1.29 is 9.21 Å². The van der Waals surface area contributed by atoms with E-state index in [4.69, 9.17) is 4.42 Å². The van der Waals surface area contributed by atoms with Crippen molar-refractivity contribution in [2.45, 2.75) is 19.8 Å². The number of amides is 1. The second kappa shape index (κ2) is 6.40. The molecule has 0 aliphatic heterocycles. The lowest BCUT2D eigenvalue weighted by atomic mass is 10.1. The highest BCUT2D eigenvalue weighted by Crippen LogP contribution is 2.30. The molecule has 4 heteroatoms. The number of carbonyl (C=O) groups excluding carboxylic acids is 1. The number of hydrogen-bond donors (Lipinski definition) is 1. The number of aromatic nitrogens is 1. The van der Waals surface area contributed by atoms with E-state index >= 15 is 0 Å². The Kier molecular flexibility index (Phi) is 3.94. The van der Waals surface area contributed by atoms with Crippen LogP contribution in [0.1, 0.15) is 19.8 Å². The third-order valence-corrected chi connectivity index (χ3v) is 4.15. The Balaban J connectivity index is 1.74. The Labute approximate surface area is 145 Å². The van der Waals surface area contributed by atoms with Crippen LogP contribution in [-0.4, -0.2) is 10.9 Å². The molecular weight excluding hydrogens is 312 g/mol. The quantitative estimate of drug-likeness (QED) is 0.546. The summed E-state index contributed by atoms with van der Waals surface area (Å²) in [6.45, 7) is 1.98. The van der Waals surface area contributed by atoms with Gasteiger partial charge < -0.3 is 9.73 Å². The fraction of sp³-hybridized carbons (Fsp3) is 0.143. The van der Waals surface area contributed by atoms with Crippen molar-refractivity contribution >= 4 is 33.5 Å². The normalized spacial score (nSPS) is 11.1. The van der Waals surface area contributed by atoms with Crippen LogP contribution in [0.2, 0.25) is 0 Å². The zero-order valence-corrected chi connectivity index (χ0v) is 14.0. The number of nitrogens with zero attached hydrogens (tertiary/aromatic N) is 1. The lowest BCUT2D eigenvalue weighted by molar-refractivity contribution is -0.116. The first-order valence-electron chi connectivity index (χ1n) is 8.43. The first kappa shape index (κ1) is 15.4. The molecule has 3 aromatic carbocycles. The lowest BCUT2D eigenvalue weighted by Gasteiger charge is -2.05. The Morgan fingerprint density at radius 2 is 1.96 bits per heavy atom. The molecule has 0 saturated heterocycles. The van der Waals surface area contributed by atoms with E-state index in [0.717, 1.165) is 39.5 Å². The molecular formula is C21H18N2O2. The van der Waals surface area contributed by atoms with Gasteiger partial charge in [0, 0.05) is 23.1 Å². The number of fused-ring (bicyclic) bond motifs is 3. The summed E-state index contributed by atoms with van der Waals surface area (Å²) in [6, 6.07) is 19.7. The highest BCUT2D eigenvalue weighted by atomic mass is 16.3. The van der Waals surface area contributed by atoms with Crippen LogP contribution in [0.3, 0.4) is 0 Å². The van der Waals surface area contributed by atoms with Crippen LogP contribution in [0.15, 0.2) is 65.1 Å². The summed E-state index contributed by atoms with van der Waals surface area (Å²) in [5.74, 6) is 0.571. The van der Waals surface area contributed by atoms with Crippen molar-refractivity contribution in [3.8, 4) is 11.5 Å². The Morgan fingerprint density at radius 3 is 2.84 bits per heavy atom. The minimum absolute atomic E-state index is 0.0169. The van der Waals surface area contributed by atoms with E-state index in [9.17, 15) is 4.79 Å². The minimum atomic E-state index is 0.0169. The SMILES string of the molecule is CCCC(=O)Nc1cccc(-c2nc3c(ccc4ccccc43)o2)c1. The molecule has 0 unspecified atom stereocenters. The molecule has 25 heavy (non-hydrogen) atoms. The van der Waals surface area contributed by atoms with Gasteiger partial charge in [-0.2, -0.15) is 0 Å². The molecule has 0 bridgehead atoms. The summed E-state index contributed by atoms with van der Waals surface area (Å²) < 4.78 is 5.95. The second-order valence-corrected chi connectivity index (χ2v) is 6.03. The third kappa shape index (κ3) is 2.98. The molecule has 1 amide bonds. The molecule has 4 nitrogen and oxygen atoms in total. The molecule has 0 aliphatic rings. The van der Waals surface area contributed by atoms with Crippen LogP contribution < -0.4 is 5.32 Å². The van der Waals surface area contributed by atoms with E-state index < -0.39 is 0 Å². The predicted octanol–water partition coefficient (Wildman–Crippen LogP) is 5.39. The molecule has 0 aliphatic carbocycles. The first-order valence-corrected chi connectivity index (χ1v) is 8.43. The molecule has 1 heterocycles. The zero-order valence-electron chi connectivity index (χ0n) is 14.0. The van der Waals surface area contributed by atoms with Gasteiger partial charge in [0.25, 0.3) is 0 Å². The molecule has 0 atom stereocenters. The molecule has 0 radical (unpaired) electrons. The lowest BCUT2D eigenvalue weighted by Crippen LogP contribution is -2.10. The van der Waals surface area contributed by atoms with Gasteiger partial charge in [0.2, 0.25) is 11.8 Å². The van der Waals surface area contributed by atoms with E-state index in [1.165, 1.54) is 0 Å². The average Bonchev–Trinajstić information content (AvgIpc) is 3.07. The van der Waals surface area contributed by atoms with Crippen molar-refractivity contribution in [1.82, 2.24) is 4.98 Å². The van der Waals surface area contributed by atoms with Gasteiger partial charge in [0.05, 0.1) is 0 Å². The van der Waals surface area contributed by atoms with Crippen molar-refractivity contribution in [3.63, 3.8) is 0 Å². The Hall–Kier alpha value is -3.14. The number of nitrogens with one attached hydrogen (secondary N) is 1. The molecule has 4 rings (SSSR count). The van der Waals surface area contributed by atoms with Gasteiger partial charge >= 0.3 is 0 Å². The standard InChI is InChI=1S/C21H18N2O2/c1-2-6-19(24)22-16-9-5-8-15(13-16)21-23-20-17-10-4-3-7-14(17)11-12-18(20)25-21/h3-5,7-13H,2,6H2,1H3,(H,22,24). The molecule has 0 fully saturated rings. The third-order valence-electron chi connectivity index (χ3n) is 4.15. The molecule has 1 N–H and O–H groups in total. The molecule has 124 valence electrons. The number of benzene rings is 3. The first-order chi connectivity index (χ1) is 12.2. The van der Waals surface area contributed by atoms with E-state index in [1.807, 2.05) is 61.5 Å². The maximum Gasteiger partial charge on any atom is 0.227 e. The van der Waals surface area contributed by atoms with Crippen LogP contribution in [0.5, 0.6) is 0 Å². The van der Waals surface area contributed by atoms with Crippen molar-refractivity contribution in [2.75, 3.05) is 5.32 Å². The van der Waals surface area contributed by atoms with E-state index in [0.29, 0.717) is 12.3 Å².